The van der Waals surface area contributed by atoms with Gasteiger partial charge in [-0.2, -0.15) is 4.79 Å². The van der Waals surface area contributed by atoms with Crippen LogP contribution in [0.1, 0.15) is 12.5 Å². The SMILES string of the molecule is C=C(C)CN(CC(=O)C=[N+]=[N-])C(=O)OCc1ccccc1. The Morgan fingerprint density at radius 3 is 2.57 bits per heavy atom. The maximum absolute atomic E-state index is 12.0. The Labute approximate surface area is 123 Å². The molecule has 0 N–H and O–H groups in total. The Kier molecular flexibility index (Phi) is 6.57. The van der Waals surface area contributed by atoms with Crippen LogP contribution in [-0.4, -0.2) is 40.9 Å². The number of amides is 1. The normalized spacial score (nSPS) is 9.38. The predicted molar refractivity (Wildman–Crippen MR) is 77.7 cm³/mol. The average Bonchev–Trinajstić information content (AvgIpc) is 2.45. The van der Waals surface area contributed by atoms with Crippen molar-refractivity contribution < 1.29 is 19.1 Å². The molecule has 0 heterocycles. The highest BCUT2D eigenvalue weighted by molar-refractivity contribution is 6.26. The van der Waals surface area contributed by atoms with E-state index in [0.717, 1.165) is 11.8 Å². The van der Waals surface area contributed by atoms with Gasteiger partial charge in [0, 0.05) is 6.54 Å². The van der Waals surface area contributed by atoms with Crippen molar-refractivity contribution in [2.24, 2.45) is 0 Å². The Morgan fingerprint density at radius 1 is 1.33 bits per heavy atom. The van der Waals surface area contributed by atoms with E-state index in [2.05, 4.69) is 11.4 Å². The van der Waals surface area contributed by atoms with E-state index in [9.17, 15) is 9.59 Å². The highest BCUT2D eigenvalue weighted by atomic mass is 16.6. The van der Waals surface area contributed by atoms with Gasteiger partial charge in [-0.1, -0.05) is 42.5 Å². The van der Waals surface area contributed by atoms with Gasteiger partial charge < -0.3 is 10.3 Å². The molecule has 0 aliphatic rings. The Morgan fingerprint density at radius 2 is 2.00 bits per heavy atom. The first-order chi connectivity index (χ1) is 10.0. The van der Waals surface area contributed by atoms with Crippen molar-refractivity contribution in [2.45, 2.75) is 13.5 Å². The fraction of sp³-hybridized carbons (Fsp3) is 0.267. The number of carbonyl (C=O) groups excluding carboxylic acids is 2. The lowest BCUT2D eigenvalue weighted by Crippen LogP contribution is -2.37. The molecule has 0 aliphatic carbocycles. The number of hydrogen-bond acceptors (Lipinski definition) is 3. The predicted octanol–water partition coefficient (Wildman–Crippen LogP) is 2.07. The number of nitrogens with zero attached hydrogens (tertiary/aromatic N) is 3. The molecular formula is C15H17N3O3. The molecule has 1 amide bonds. The molecular weight excluding hydrogens is 270 g/mol. The third-order valence-corrected chi connectivity index (χ3v) is 2.47. The highest BCUT2D eigenvalue weighted by Gasteiger charge is 2.19. The van der Waals surface area contributed by atoms with E-state index in [4.69, 9.17) is 10.3 Å². The molecule has 1 rings (SSSR count). The van der Waals surface area contributed by atoms with Crippen LogP contribution in [0.15, 0.2) is 42.5 Å². The molecule has 1 aromatic rings. The molecule has 0 spiro atoms. The van der Waals surface area contributed by atoms with Crippen LogP contribution < -0.4 is 0 Å². The maximum atomic E-state index is 12.0. The van der Waals surface area contributed by atoms with Gasteiger partial charge >= 0.3 is 12.3 Å². The number of ketones is 1. The Balaban J connectivity index is 2.64. The van der Waals surface area contributed by atoms with Crippen molar-refractivity contribution in [3.8, 4) is 0 Å². The highest BCUT2D eigenvalue weighted by Crippen LogP contribution is 2.05. The summed E-state index contributed by atoms with van der Waals surface area (Å²) >= 11 is 0. The summed E-state index contributed by atoms with van der Waals surface area (Å²) in [4.78, 5) is 27.3. The number of Topliss-reactive ketones (excluding diaryl/α,β-unsaturated/α-hetero) is 1. The minimum atomic E-state index is -0.624. The number of benzene rings is 1. The van der Waals surface area contributed by atoms with Crippen molar-refractivity contribution in [2.75, 3.05) is 13.1 Å². The van der Waals surface area contributed by atoms with Gasteiger partial charge in [0.15, 0.2) is 0 Å². The van der Waals surface area contributed by atoms with Gasteiger partial charge in [-0.25, -0.2) is 4.79 Å². The van der Waals surface area contributed by atoms with Crippen molar-refractivity contribution in [1.29, 1.82) is 0 Å². The van der Waals surface area contributed by atoms with E-state index in [1.165, 1.54) is 4.90 Å². The largest absolute Gasteiger partial charge is 0.445 e. The molecule has 6 nitrogen and oxygen atoms in total. The molecule has 0 atom stereocenters. The van der Waals surface area contributed by atoms with Crippen molar-refractivity contribution in [3.63, 3.8) is 0 Å². The first-order valence-electron chi connectivity index (χ1n) is 6.33. The summed E-state index contributed by atoms with van der Waals surface area (Å²) in [6.07, 6.45) is 0.122. The molecule has 1 aromatic carbocycles. The van der Waals surface area contributed by atoms with Gasteiger partial charge in [-0.3, -0.25) is 9.69 Å². The molecule has 6 heteroatoms. The van der Waals surface area contributed by atoms with Gasteiger partial charge in [-0.05, 0) is 12.5 Å². The Bertz CT molecular complexity index is 563. The molecule has 0 saturated heterocycles. The average molecular weight is 287 g/mol. The number of hydrogen-bond donors (Lipinski definition) is 0. The second-order valence-electron chi connectivity index (χ2n) is 4.56. The van der Waals surface area contributed by atoms with Crippen LogP contribution in [0.5, 0.6) is 0 Å². The van der Waals surface area contributed by atoms with E-state index >= 15 is 0 Å². The summed E-state index contributed by atoms with van der Waals surface area (Å²) in [5.74, 6) is -0.504. The smallest absolute Gasteiger partial charge is 0.410 e. The molecule has 21 heavy (non-hydrogen) atoms. The third kappa shape index (κ3) is 6.31. The molecule has 0 fully saturated rings. The standard InChI is InChI=1S/C15H17N3O3/c1-12(2)9-18(10-14(19)8-17-16)15(20)21-11-13-6-4-3-5-7-13/h3-8H,1,9-11H2,2H3. The summed E-state index contributed by atoms with van der Waals surface area (Å²) < 4.78 is 5.16. The topological polar surface area (TPSA) is 83.0 Å². The zero-order valence-corrected chi connectivity index (χ0v) is 11.9. The van der Waals surface area contributed by atoms with Gasteiger partial charge in [0.2, 0.25) is 0 Å². The third-order valence-electron chi connectivity index (χ3n) is 2.47. The second-order valence-corrected chi connectivity index (χ2v) is 4.56. The summed E-state index contributed by atoms with van der Waals surface area (Å²) in [6.45, 7) is 5.52. The summed E-state index contributed by atoms with van der Waals surface area (Å²) in [5, 5.41) is 0. The maximum Gasteiger partial charge on any atom is 0.410 e. The molecule has 0 bridgehead atoms. The minimum Gasteiger partial charge on any atom is -0.445 e. The van der Waals surface area contributed by atoms with Crippen molar-refractivity contribution >= 4 is 18.1 Å². The van der Waals surface area contributed by atoms with Crippen LogP contribution in [0.25, 0.3) is 5.53 Å². The van der Waals surface area contributed by atoms with Gasteiger partial charge in [0.25, 0.3) is 5.78 Å². The summed E-state index contributed by atoms with van der Waals surface area (Å²) in [6, 6.07) is 9.22. The van der Waals surface area contributed by atoms with Crippen LogP contribution in [-0.2, 0) is 16.1 Å². The van der Waals surface area contributed by atoms with E-state index in [-0.39, 0.29) is 19.7 Å². The van der Waals surface area contributed by atoms with E-state index in [1.807, 2.05) is 30.3 Å². The van der Waals surface area contributed by atoms with E-state index < -0.39 is 11.9 Å². The molecule has 0 saturated carbocycles. The number of ether oxygens (including phenoxy) is 1. The summed E-state index contributed by atoms with van der Waals surface area (Å²) in [7, 11) is 0. The fourth-order valence-electron chi connectivity index (χ4n) is 1.61. The van der Waals surface area contributed by atoms with Crippen molar-refractivity contribution in [3.05, 3.63) is 53.6 Å². The monoisotopic (exact) mass is 287 g/mol. The molecule has 0 unspecified atom stereocenters. The number of carbonyl (C=O) groups is 2. The Hall–Kier alpha value is -2.72. The lowest BCUT2D eigenvalue weighted by atomic mass is 10.2. The van der Waals surface area contributed by atoms with Crippen LogP contribution in [0, 0.1) is 0 Å². The van der Waals surface area contributed by atoms with Gasteiger partial charge in [0.05, 0.1) is 6.54 Å². The molecule has 110 valence electrons. The lowest BCUT2D eigenvalue weighted by molar-refractivity contribution is -0.116. The second kappa shape index (κ2) is 8.45. The first kappa shape index (κ1) is 16.3. The quantitative estimate of drug-likeness (QED) is 0.333. The zero-order valence-electron chi connectivity index (χ0n) is 11.9. The van der Waals surface area contributed by atoms with Crippen LogP contribution in [0.4, 0.5) is 4.79 Å². The fourth-order valence-corrected chi connectivity index (χ4v) is 1.61. The molecule has 0 radical (unpaired) electrons. The van der Waals surface area contributed by atoms with E-state index in [1.54, 1.807) is 6.92 Å². The number of rotatable bonds is 7. The van der Waals surface area contributed by atoms with Crippen molar-refractivity contribution in [1.82, 2.24) is 4.90 Å². The molecule has 0 aromatic heterocycles. The summed E-state index contributed by atoms with van der Waals surface area (Å²) in [5.41, 5.74) is 9.88. The van der Waals surface area contributed by atoms with Crippen LogP contribution in [0.3, 0.4) is 0 Å². The first-order valence-corrected chi connectivity index (χ1v) is 6.33. The van der Waals surface area contributed by atoms with Crippen LogP contribution >= 0.6 is 0 Å². The van der Waals surface area contributed by atoms with Crippen LogP contribution in [0.2, 0.25) is 0 Å². The van der Waals surface area contributed by atoms with E-state index in [0.29, 0.717) is 5.57 Å². The minimum absolute atomic E-state index is 0.120. The lowest BCUT2D eigenvalue weighted by Gasteiger charge is -2.20. The van der Waals surface area contributed by atoms with Gasteiger partial charge in [-0.15, -0.1) is 0 Å². The zero-order chi connectivity index (χ0) is 15.7. The van der Waals surface area contributed by atoms with Gasteiger partial charge in [0.1, 0.15) is 6.61 Å². The molecule has 0 aliphatic heterocycles.